The molecule has 226 valence electrons. The van der Waals surface area contributed by atoms with Crippen LogP contribution in [-0.2, 0) is 35.1 Å². The average molecular weight is 577 g/mol. The highest BCUT2D eigenvalue weighted by atomic mass is 16.7. The van der Waals surface area contributed by atoms with Crippen LogP contribution in [0.1, 0.15) is 58.4 Å². The van der Waals surface area contributed by atoms with Crippen molar-refractivity contribution in [1.29, 1.82) is 0 Å². The van der Waals surface area contributed by atoms with E-state index < -0.39 is 60.1 Å². The first-order chi connectivity index (χ1) is 19.4. The van der Waals surface area contributed by atoms with Crippen LogP contribution in [0.4, 0.5) is 5.69 Å². The fourth-order valence-corrected chi connectivity index (χ4v) is 4.94. The van der Waals surface area contributed by atoms with Gasteiger partial charge in [0.05, 0.1) is 11.8 Å². The van der Waals surface area contributed by atoms with Gasteiger partial charge in [-0.2, -0.15) is 0 Å². The number of hydrogen-bond donors (Lipinski definition) is 5. The fraction of sp³-hybridized carbons (Fsp3) is 0.607. The summed E-state index contributed by atoms with van der Waals surface area (Å²) in [7, 11) is 0. The van der Waals surface area contributed by atoms with Crippen LogP contribution in [0.25, 0.3) is 0 Å². The molecule has 2 aliphatic rings. The van der Waals surface area contributed by atoms with E-state index in [-0.39, 0.29) is 50.4 Å². The zero-order valence-corrected chi connectivity index (χ0v) is 23.6. The Morgan fingerprint density at radius 3 is 2.56 bits per heavy atom. The number of benzene rings is 1. The van der Waals surface area contributed by atoms with Gasteiger partial charge in [0.15, 0.2) is 6.10 Å². The number of likely N-dealkylation sites (tertiary alicyclic amines) is 1. The number of aliphatic hydroxyl groups excluding tert-OH is 1. The van der Waals surface area contributed by atoms with Crippen molar-refractivity contribution in [3.8, 4) is 5.75 Å². The van der Waals surface area contributed by atoms with Crippen LogP contribution < -0.4 is 21.1 Å². The molecule has 2 heterocycles. The molecule has 1 aromatic carbocycles. The molecule has 13 heteroatoms. The number of carboxylic acids is 1. The molecular formula is C28H40N4O9. The summed E-state index contributed by atoms with van der Waals surface area (Å²) in [5.74, 6) is -3.46. The number of nitrogens with two attached hydrogens (primary N) is 1. The third-order valence-electron chi connectivity index (χ3n) is 7.17. The second-order valence-electron chi connectivity index (χ2n) is 10.7. The SMILES string of the molecule is CCCc1ccc(OC2CC(O)CC(C(=O)O)O2)c(NC(=O)CCNC(=O)C(CN)N2C(=O)CC(C(C)C)C2=O)c1. The Hall–Kier alpha value is -3.55. The van der Waals surface area contributed by atoms with E-state index in [9.17, 15) is 34.2 Å². The third kappa shape index (κ3) is 8.24. The summed E-state index contributed by atoms with van der Waals surface area (Å²) in [6, 6.07) is 4.04. The molecule has 0 radical (unpaired) electrons. The lowest BCUT2D eigenvalue weighted by Crippen LogP contribution is -2.53. The first-order valence-corrected chi connectivity index (χ1v) is 13.9. The molecule has 2 saturated heterocycles. The summed E-state index contributed by atoms with van der Waals surface area (Å²) in [5.41, 5.74) is 7.00. The highest BCUT2D eigenvalue weighted by molar-refractivity contribution is 6.07. The number of imide groups is 1. The highest BCUT2D eigenvalue weighted by Gasteiger charge is 2.45. The maximum absolute atomic E-state index is 12.8. The number of anilines is 1. The summed E-state index contributed by atoms with van der Waals surface area (Å²) in [6.45, 7) is 5.36. The number of hydrogen-bond acceptors (Lipinski definition) is 9. The van der Waals surface area contributed by atoms with Crippen LogP contribution in [0.5, 0.6) is 5.75 Å². The van der Waals surface area contributed by atoms with Crippen LogP contribution in [-0.4, -0.2) is 82.3 Å². The summed E-state index contributed by atoms with van der Waals surface area (Å²) < 4.78 is 11.3. The predicted molar refractivity (Wildman–Crippen MR) is 146 cm³/mol. The first-order valence-electron chi connectivity index (χ1n) is 13.9. The van der Waals surface area contributed by atoms with E-state index in [0.717, 1.165) is 23.3 Å². The molecule has 0 bridgehead atoms. The first kappa shape index (κ1) is 32.0. The predicted octanol–water partition coefficient (Wildman–Crippen LogP) is 0.772. The smallest absolute Gasteiger partial charge is 0.333 e. The number of nitrogens with one attached hydrogen (secondary N) is 2. The van der Waals surface area contributed by atoms with Gasteiger partial charge in [-0.15, -0.1) is 0 Å². The molecule has 41 heavy (non-hydrogen) atoms. The lowest BCUT2D eigenvalue weighted by atomic mass is 9.94. The van der Waals surface area contributed by atoms with Gasteiger partial charge in [-0.1, -0.05) is 33.3 Å². The summed E-state index contributed by atoms with van der Waals surface area (Å²) >= 11 is 0. The van der Waals surface area contributed by atoms with Gasteiger partial charge < -0.3 is 36.1 Å². The van der Waals surface area contributed by atoms with Crippen molar-refractivity contribution < 1.29 is 43.7 Å². The topological polar surface area (TPSA) is 198 Å². The van der Waals surface area contributed by atoms with E-state index >= 15 is 0 Å². The highest BCUT2D eigenvalue weighted by Crippen LogP contribution is 2.31. The number of amides is 4. The van der Waals surface area contributed by atoms with Crippen LogP contribution in [0.2, 0.25) is 0 Å². The van der Waals surface area contributed by atoms with Crippen molar-refractivity contribution in [2.75, 3.05) is 18.4 Å². The van der Waals surface area contributed by atoms with Gasteiger partial charge >= 0.3 is 5.97 Å². The molecule has 5 unspecified atom stereocenters. The van der Waals surface area contributed by atoms with E-state index in [1.54, 1.807) is 12.1 Å². The summed E-state index contributed by atoms with van der Waals surface area (Å²) in [5, 5.41) is 24.7. The number of aryl methyl sites for hydroxylation is 1. The second kappa shape index (κ2) is 14.4. The van der Waals surface area contributed by atoms with Gasteiger partial charge in [-0.25, -0.2) is 4.79 Å². The van der Waals surface area contributed by atoms with Crippen molar-refractivity contribution in [3.05, 3.63) is 23.8 Å². The maximum atomic E-state index is 12.8. The molecule has 0 spiro atoms. The van der Waals surface area contributed by atoms with E-state index in [1.807, 2.05) is 26.8 Å². The molecule has 2 aliphatic heterocycles. The number of carbonyl (C=O) groups excluding carboxylic acids is 4. The zero-order chi connectivity index (χ0) is 30.3. The van der Waals surface area contributed by atoms with E-state index in [1.165, 1.54) is 0 Å². The third-order valence-corrected chi connectivity index (χ3v) is 7.17. The quantitative estimate of drug-likeness (QED) is 0.209. The van der Waals surface area contributed by atoms with Crippen LogP contribution in [0.15, 0.2) is 18.2 Å². The molecule has 0 aromatic heterocycles. The number of ether oxygens (including phenoxy) is 2. The molecule has 3 rings (SSSR count). The van der Waals surface area contributed by atoms with E-state index in [0.29, 0.717) is 5.69 Å². The Morgan fingerprint density at radius 2 is 1.95 bits per heavy atom. The van der Waals surface area contributed by atoms with Crippen molar-refractivity contribution in [1.82, 2.24) is 10.2 Å². The van der Waals surface area contributed by atoms with Gasteiger partial charge in [-0.3, -0.25) is 24.1 Å². The van der Waals surface area contributed by atoms with Gasteiger partial charge in [-0.05, 0) is 30.0 Å². The molecule has 13 nitrogen and oxygen atoms in total. The van der Waals surface area contributed by atoms with Crippen LogP contribution in [0.3, 0.4) is 0 Å². The molecule has 6 N–H and O–H groups in total. The maximum Gasteiger partial charge on any atom is 0.333 e. The monoisotopic (exact) mass is 576 g/mol. The zero-order valence-electron chi connectivity index (χ0n) is 23.6. The average Bonchev–Trinajstić information content (AvgIpc) is 3.20. The number of carbonyl (C=O) groups is 5. The normalized spacial score (nSPS) is 23.4. The minimum atomic E-state index is -1.22. The molecule has 0 aliphatic carbocycles. The Bertz CT molecular complexity index is 1140. The van der Waals surface area contributed by atoms with Crippen LogP contribution >= 0.6 is 0 Å². The number of rotatable bonds is 13. The number of aliphatic carboxylic acids is 1. The molecular weight excluding hydrogens is 536 g/mol. The Morgan fingerprint density at radius 1 is 1.22 bits per heavy atom. The van der Waals surface area contributed by atoms with Gasteiger partial charge in [0.25, 0.3) is 0 Å². The summed E-state index contributed by atoms with van der Waals surface area (Å²) in [6.07, 6.45) is -1.66. The standard InChI is InChI=1S/C28H40N4O9/c1-4-5-16-6-7-21(40-25-12-17(33)11-22(41-25)28(38)39)19(10-16)31-23(34)8-9-30-26(36)20(14-29)32-24(35)13-18(15(2)3)27(32)37/h6-7,10,15,17-18,20,22,25,33H,4-5,8-9,11-14,29H2,1-3H3,(H,30,36)(H,31,34)(H,38,39). The van der Waals surface area contributed by atoms with Crippen LogP contribution in [0, 0.1) is 11.8 Å². The molecule has 1 aromatic rings. The fourth-order valence-electron chi connectivity index (χ4n) is 4.94. The van der Waals surface area contributed by atoms with Crippen molar-refractivity contribution >= 4 is 35.3 Å². The largest absolute Gasteiger partial charge is 0.479 e. The second-order valence-corrected chi connectivity index (χ2v) is 10.7. The molecule has 2 fully saturated rings. The van der Waals surface area contributed by atoms with E-state index in [4.69, 9.17) is 15.2 Å². The Labute approximate surface area is 238 Å². The number of aliphatic hydroxyl groups is 1. The molecule has 5 atom stereocenters. The van der Waals surface area contributed by atoms with Gasteiger partial charge in [0.2, 0.25) is 29.9 Å². The minimum Gasteiger partial charge on any atom is -0.479 e. The number of nitrogens with zero attached hydrogens (tertiary/aromatic N) is 1. The lowest BCUT2D eigenvalue weighted by molar-refractivity contribution is -0.195. The lowest BCUT2D eigenvalue weighted by Gasteiger charge is -2.31. The van der Waals surface area contributed by atoms with Crippen molar-refractivity contribution in [3.63, 3.8) is 0 Å². The van der Waals surface area contributed by atoms with Crippen molar-refractivity contribution in [2.24, 2.45) is 17.6 Å². The molecule has 4 amide bonds. The Balaban J connectivity index is 1.62. The number of carboxylic acid groups (broad SMARTS) is 1. The van der Waals surface area contributed by atoms with Gasteiger partial charge in [0, 0.05) is 44.7 Å². The minimum absolute atomic E-state index is 0.0337. The Kier molecular flexibility index (Phi) is 11.2. The van der Waals surface area contributed by atoms with Crippen molar-refractivity contribution in [2.45, 2.75) is 83.8 Å². The van der Waals surface area contributed by atoms with Gasteiger partial charge in [0.1, 0.15) is 11.8 Å². The summed E-state index contributed by atoms with van der Waals surface area (Å²) in [4.78, 5) is 63.1. The van der Waals surface area contributed by atoms with E-state index in [2.05, 4.69) is 10.6 Å². The molecule has 0 saturated carbocycles.